The van der Waals surface area contributed by atoms with E-state index in [-0.39, 0.29) is 29.9 Å². The molecule has 0 saturated carbocycles. The number of allylic oxidation sites excluding steroid dienone is 1. The van der Waals surface area contributed by atoms with Gasteiger partial charge in [-0.05, 0) is 36.2 Å². The summed E-state index contributed by atoms with van der Waals surface area (Å²) in [7, 11) is 0. The Morgan fingerprint density at radius 3 is 2.09 bits per heavy atom. The summed E-state index contributed by atoms with van der Waals surface area (Å²) in [4.78, 5) is 37.4. The minimum Gasteiger partial charge on any atom is -0.352 e. The molecule has 0 unspecified atom stereocenters. The second-order valence-corrected chi connectivity index (χ2v) is 10.0. The molecule has 0 saturated heterocycles. The van der Waals surface area contributed by atoms with E-state index < -0.39 is 0 Å². The quantitative estimate of drug-likeness (QED) is 0.246. The first-order valence-corrected chi connectivity index (χ1v) is 12.2. The second-order valence-electron chi connectivity index (χ2n) is 8.39. The van der Waals surface area contributed by atoms with E-state index in [2.05, 4.69) is 30.6 Å². The smallest absolute Gasteiger partial charge is 0.251 e. The summed E-state index contributed by atoms with van der Waals surface area (Å²) in [5, 5.41) is 15.0. The number of carbonyl (C=O) groups is 3. The van der Waals surface area contributed by atoms with Crippen LogP contribution in [0.25, 0.3) is 4.91 Å². The van der Waals surface area contributed by atoms with Gasteiger partial charge in [-0.15, -0.1) is 11.8 Å². The highest BCUT2D eigenvalue weighted by Gasteiger charge is 2.12. The van der Waals surface area contributed by atoms with Crippen LogP contribution in [0.2, 0.25) is 0 Å². The minimum absolute atomic E-state index is 0.0427. The van der Waals surface area contributed by atoms with E-state index in [1.165, 1.54) is 6.08 Å². The van der Waals surface area contributed by atoms with Crippen LogP contribution in [-0.4, -0.2) is 29.4 Å². The highest BCUT2D eigenvalue weighted by atomic mass is 32.2. The highest BCUT2D eigenvalue weighted by Crippen LogP contribution is 2.31. The van der Waals surface area contributed by atoms with E-state index in [0.29, 0.717) is 35.0 Å². The van der Waals surface area contributed by atoms with Gasteiger partial charge < -0.3 is 10.6 Å². The van der Waals surface area contributed by atoms with Crippen LogP contribution in [-0.2, 0) is 4.79 Å². The zero-order valence-electron chi connectivity index (χ0n) is 20.1. The Hall–Kier alpha value is -3.37. The fourth-order valence-electron chi connectivity index (χ4n) is 3.11. The van der Waals surface area contributed by atoms with Gasteiger partial charge in [0.05, 0.1) is 6.07 Å². The molecule has 2 N–H and O–H groups in total. The van der Waals surface area contributed by atoms with Crippen molar-refractivity contribution in [2.75, 3.05) is 11.9 Å². The molecule has 0 aromatic heterocycles. The van der Waals surface area contributed by atoms with Crippen LogP contribution in [0.3, 0.4) is 0 Å². The van der Waals surface area contributed by atoms with Gasteiger partial charge in [-0.1, -0.05) is 52.0 Å². The number of carbonyl (C=O) groups excluding carboxylic acids is 3. The first-order valence-electron chi connectivity index (χ1n) is 11.3. The maximum Gasteiger partial charge on any atom is 0.251 e. The molecule has 7 heteroatoms. The number of thioether (sulfide) groups is 1. The molecule has 0 radical (unpaired) electrons. The Morgan fingerprint density at radius 1 is 0.941 bits per heavy atom. The van der Waals surface area contributed by atoms with Gasteiger partial charge in [-0.3, -0.25) is 14.4 Å². The molecular formula is C27H31N3O3S. The number of hydrogen-bond donors (Lipinski definition) is 2. The number of anilines is 1. The van der Waals surface area contributed by atoms with Crippen molar-refractivity contribution < 1.29 is 14.4 Å². The van der Waals surface area contributed by atoms with Gasteiger partial charge in [-0.2, -0.15) is 5.26 Å². The Bertz CT molecular complexity index is 1070. The lowest BCUT2D eigenvalue weighted by Crippen LogP contribution is -2.25. The van der Waals surface area contributed by atoms with Crippen molar-refractivity contribution >= 4 is 40.0 Å². The van der Waals surface area contributed by atoms with Crippen LogP contribution in [0.15, 0.2) is 54.6 Å². The van der Waals surface area contributed by atoms with Crippen molar-refractivity contribution in [2.24, 2.45) is 5.92 Å². The van der Waals surface area contributed by atoms with Crippen molar-refractivity contribution in [1.82, 2.24) is 5.32 Å². The molecule has 0 fully saturated rings. The van der Waals surface area contributed by atoms with Crippen LogP contribution >= 0.6 is 11.8 Å². The Kier molecular flexibility index (Phi) is 10.6. The predicted molar refractivity (Wildman–Crippen MR) is 139 cm³/mol. The molecule has 2 rings (SSSR count). The summed E-state index contributed by atoms with van der Waals surface area (Å²) in [6.07, 6.45) is 2.30. The van der Waals surface area contributed by atoms with Crippen LogP contribution in [0.4, 0.5) is 5.69 Å². The molecule has 0 aliphatic carbocycles. The number of rotatable bonds is 11. The Balaban J connectivity index is 1.78. The maximum atomic E-state index is 12.3. The maximum absolute atomic E-state index is 12.3. The monoisotopic (exact) mass is 477 g/mol. The average Bonchev–Trinajstić information content (AvgIpc) is 2.81. The SMILES string of the molecule is CC(C)SC(=CC#N)c1ccc(NC(=O)CCCNC(=O)c2ccc(C(=O)C(C)C)cc2)cc1. The number of amides is 2. The molecule has 0 aliphatic rings. The minimum atomic E-state index is -0.236. The molecule has 0 spiro atoms. The molecule has 2 amide bonds. The first-order chi connectivity index (χ1) is 16.2. The van der Waals surface area contributed by atoms with Crippen LogP contribution < -0.4 is 10.6 Å². The molecule has 178 valence electrons. The molecule has 0 bridgehead atoms. The van der Waals surface area contributed by atoms with Gasteiger partial charge in [0.2, 0.25) is 5.91 Å². The normalized spacial score (nSPS) is 11.3. The van der Waals surface area contributed by atoms with Gasteiger partial charge in [-0.25, -0.2) is 0 Å². The fourth-order valence-corrected chi connectivity index (χ4v) is 4.01. The van der Waals surface area contributed by atoms with E-state index in [1.54, 1.807) is 36.0 Å². The predicted octanol–water partition coefficient (Wildman–Crippen LogP) is 5.68. The third-order valence-electron chi connectivity index (χ3n) is 4.83. The van der Waals surface area contributed by atoms with Gasteiger partial charge in [0.1, 0.15) is 0 Å². The lowest BCUT2D eigenvalue weighted by molar-refractivity contribution is -0.116. The Morgan fingerprint density at radius 2 is 1.53 bits per heavy atom. The Labute approximate surface area is 205 Å². The van der Waals surface area contributed by atoms with E-state index in [1.807, 2.05) is 38.1 Å². The lowest BCUT2D eigenvalue weighted by atomic mass is 10.00. The van der Waals surface area contributed by atoms with E-state index >= 15 is 0 Å². The average molecular weight is 478 g/mol. The molecule has 2 aromatic carbocycles. The number of nitrogens with one attached hydrogen (secondary N) is 2. The van der Waals surface area contributed by atoms with Crippen LogP contribution in [0.1, 0.15) is 66.8 Å². The van der Waals surface area contributed by atoms with Crippen molar-refractivity contribution in [1.29, 1.82) is 5.26 Å². The van der Waals surface area contributed by atoms with Gasteiger partial charge >= 0.3 is 0 Å². The number of benzene rings is 2. The standard InChI is InChI=1S/C27H31N3O3S/c1-18(2)26(32)21-7-9-22(10-8-21)27(33)29-17-5-6-25(31)30-23-13-11-20(12-14-23)24(15-16-28)34-19(3)4/h7-15,18-19H,5-6,17H2,1-4H3,(H,29,33)(H,30,31). The zero-order valence-corrected chi connectivity index (χ0v) is 20.9. The van der Waals surface area contributed by atoms with Crippen molar-refractivity contribution in [3.63, 3.8) is 0 Å². The molecule has 6 nitrogen and oxygen atoms in total. The molecular weight excluding hydrogens is 446 g/mol. The van der Waals surface area contributed by atoms with E-state index in [0.717, 1.165) is 10.5 Å². The van der Waals surface area contributed by atoms with E-state index in [9.17, 15) is 14.4 Å². The number of nitrogens with zero attached hydrogens (tertiary/aromatic N) is 1. The van der Waals surface area contributed by atoms with Crippen molar-refractivity contribution in [2.45, 2.75) is 45.8 Å². The second kappa shape index (κ2) is 13.4. The zero-order chi connectivity index (χ0) is 25.1. The summed E-state index contributed by atoms with van der Waals surface area (Å²) in [6.45, 7) is 8.18. The van der Waals surface area contributed by atoms with Crippen LogP contribution in [0, 0.1) is 17.2 Å². The van der Waals surface area contributed by atoms with Crippen LogP contribution in [0.5, 0.6) is 0 Å². The van der Waals surface area contributed by atoms with Crippen molar-refractivity contribution in [3.05, 3.63) is 71.3 Å². The summed E-state index contributed by atoms with van der Waals surface area (Å²) in [5.74, 6) is -0.422. The van der Waals surface area contributed by atoms with Gasteiger partial charge in [0.15, 0.2) is 5.78 Å². The largest absolute Gasteiger partial charge is 0.352 e. The molecule has 34 heavy (non-hydrogen) atoms. The summed E-state index contributed by atoms with van der Waals surface area (Å²) >= 11 is 1.62. The first kappa shape index (κ1) is 26.9. The molecule has 0 atom stereocenters. The highest BCUT2D eigenvalue weighted by molar-refractivity contribution is 8.08. The summed E-state index contributed by atoms with van der Waals surface area (Å²) in [5.41, 5.74) is 2.68. The summed E-state index contributed by atoms with van der Waals surface area (Å²) < 4.78 is 0. The fraction of sp³-hybridized carbons (Fsp3) is 0.333. The third-order valence-corrected chi connectivity index (χ3v) is 5.91. The number of Topliss-reactive ketones (excluding diaryl/α,β-unsaturated/α-hetero) is 1. The summed E-state index contributed by atoms with van der Waals surface area (Å²) in [6, 6.07) is 16.1. The van der Waals surface area contributed by atoms with Gasteiger partial charge in [0.25, 0.3) is 5.91 Å². The topological polar surface area (TPSA) is 99.1 Å². The number of hydrogen-bond acceptors (Lipinski definition) is 5. The number of ketones is 1. The van der Waals surface area contributed by atoms with Gasteiger partial charge in [0, 0.05) is 51.9 Å². The molecule has 0 aliphatic heterocycles. The third kappa shape index (κ3) is 8.53. The van der Waals surface area contributed by atoms with Crippen molar-refractivity contribution in [3.8, 4) is 6.07 Å². The van der Waals surface area contributed by atoms with E-state index in [4.69, 9.17) is 5.26 Å². The lowest BCUT2D eigenvalue weighted by Gasteiger charge is -2.11. The molecule has 0 heterocycles. The molecule has 2 aromatic rings. The number of nitriles is 1.